The minimum Gasteiger partial charge on any atom is -0.462 e. The van der Waals surface area contributed by atoms with Crippen molar-refractivity contribution in [2.75, 3.05) is 6.61 Å². The molecule has 352 valence electrons. The van der Waals surface area contributed by atoms with Crippen molar-refractivity contribution in [1.82, 2.24) is 5.32 Å². The topological polar surface area (TPSA) is 95.9 Å². The van der Waals surface area contributed by atoms with Crippen LogP contribution >= 0.6 is 0 Å². The lowest BCUT2D eigenvalue weighted by atomic mass is 10.0. The molecule has 0 spiro atoms. The number of esters is 1. The minimum atomic E-state index is -0.803. The lowest BCUT2D eigenvalue weighted by Crippen LogP contribution is -2.46. The van der Waals surface area contributed by atoms with Crippen molar-refractivity contribution in [3.63, 3.8) is 0 Å². The Hall–Kier alpha value is -2.70. The van der Waals surface area contributed by atoms with Crippen LogP contribution in [0.15, 0.2) is 72.9 Å². The molecule has 0 aromatic heterocycles. The van der Waals surface area contributed by atoms with E-state index in [-0.39, 0.29) is 24.9 Å². The number of nitrogens with one attached hydrogen (secondary N) is 1. The molecule has 0 saturated heterocycles. The smallest absolute Gasteiger partial charge is 0.306 e. The first kappa shape index (κ1) is 58.3. The van der Waals surface area contributed by atoms with Gasteiger partial charge in [0.2, 0.25) is 5.91 Å². The standard InChI is InChI=1S/C55H97NO5/c1-4-7-10-13-16-19-22-25-26-27-28-30-33-36-39-42-45-48-55(60)61-51(46-43-40-37-34-31-24-21-18-15-12-9-6-3)49-54(59)56-52(50-57)53(58)47-44-41-38-35-32-29-23-20-17-14-11-8-5-2/h9,12,16,18-19,21,25-26,28,30,36,39,51-53,57-58H,4-8,10-11,13-15,17,20,22-24,27,29,31-35,37-38,40-50H2,1-3H3,(H,56,59)/b12-9+,19-16-,21-18+,26-25-,30-28-,39-36-. The van der Waals surface area contributed by atoms with Crippen molar-refractivity contribution in [1.29, 1.82) is 0 Å². The highest BCUT2D eigenvalue weighted by Crippen LogP contribution is 2.17. The third-order valence-electron chi connectivity index (χ3n) is 11.3. The zero-order valence-corrected chi connectivity index (χ0v) is 40.0. The summed E-state index contributed by atoms with van der Waals surface area (Å²) in [5, 5.41) is 23.7. The van der Waals surface area contributed by atoms with E-state index in [0.29, 0.717) is 25.7 Å². The van der Waals surface area contributed by atoms with Crippen LogP contribution in [0.25, 0.3) is 0 Å². The largest absolute Gasteiger partial charge is 0.462 e. The van der Waals surface area contributed by atoms with Crippen molar-refractivity contribution >= 4 is 11.9 Å². The summed E-state index contributed by atoms with van der Waals surface area (Å²) in [5.41, 5.74) is 0. The predicted molar refractivity (Wildman–Crippen MR) is 264 cm³/mol. The summed E-state index contributed by atoms with van der Waals surface area (Å²) in [6, 6.07) is -0.719. The van der Waals surface area contributed by atoms with Crippen LogP contribution in [0.1, 0.15) is 239 Å². The Morgan fingerprint density at radius 3 is 1.38 bits per heavy atom. The van der Waals surface area contributed by atoms with Gasteiger partial charge >= 0.3 is 5.97 Å². The summed E-state index contributed by atoms with van der Waals surface area (Å²) >= 11 is 0. The van der Waals surface area contributed by atoms with Crippen LogP contribution in [-0.2, 0) is 14.3 Å². The van der Waals surface area contributed by atoms with E-state index >= 15 is 0 Å². The molecule has 3 unspecified atom stereocenters. The number of hydrogen-bond acceptors (Lipinski definition) is 5. The van der Waals surface area contributed by atoms with Crippen LogP contribution < -0.4 is 5.32 Å². The summed E-state index contributed by atoms with van der Waals surface area (Å²) in [4.78, 5) is 26.1. The van der Waals surface area contributed by atoms with Crippen molar-refractivity contribution in [2.45, 2.75) is 257 Å². The highest BCUT2D eigenvalue weighted by molar-refractivity contribution is 5.77. The number of unbranched alkanes of at least 4 members (excludes halogenated alkanes) is 21. The third kappa shape index (κ3) is 43.7. The van der Waals surface area contributed by atoms with E-state index in [2.05, 4.69) is 99.0 Å². The van der Waals surface area contributed by atoms with Gasteiger partial charge in [0.25, 0.3) is 0 Å². The molecule has 0 radical (unpaired) electrons. The summed E-state index contributed by atoms with van der Waals surface area (Å²) in [7, 11) is 0. The Morgan fingerprint density at radius 1 is 0.492 bits per heavy atom. The summed E-state index contributed by atoms with van der Waals surface area (Å²) in [5.74, 6) is -0.557. The van der Waals surface area contributed by atoms with Crippen LogP contribution in [0.4, 0.5) is 0 Å². The fourth-order valence-corrected chi connectivity index (χ4v) is 7.40. The Bertz CT molecular complexity index is 1140. The molecule has 6 heteroatoms. The lowest BCUT2D eigenvalue weighted by Gasteiger charge is -2.24. The minimum absolute atomic E-state index is 0.0438. The molecule has 0 aliphatic heterocycles. The molecule has 61 heavy (non-hydrogen) atoms. The summed E-state index contributed by atoms with van der Waals surface area (Å²) in [6.07, 6.45) is 61.1. The van der Waals surface area contributed by atoms with Gasteiger partial charge in [-0.2, -0.15) is 0 Å². The molecule has 0 rings (SSSR count). The van der Waals surface area contributed by atoms with Crippen molar-refractivity contribution < 1.29 is 24.5 Å². The Kier molecular flexibility index (Phi) is 46.2. The first-order valence-corrected chi connectivity index (χ1v) is 25.7. The molecule has 6 nitrogen and oxygen atoms in total. The van der Waals surface area contributed by atoms with E-state index in [4.69, 9.17) is 4.74 Å². The van der Waals surface area contributed by atoms with Crippen molar-refractivity contribution in [3.05, 3.63) is 72.9 Å². The fraction of sp³-hybridized carbons (Fsp3) is 0.745. The van der Waals surface area contributed by atoms with Gasteiger partial charge in [0.15, 0.2) is 0 Å². The van der Waals surface area contributed by atoms with E-state index in [1.54, 1.807) is 0 Å². The normalized spacial score (nSPS) is 13.9. The van der Waals surface area contributed by atoms with Gasteiger partial charge in [-0.3, -0.25) is 9.59 Å². The zero-order chi connectivity index (χ0) is 44.5. The van der Waals surface area contributed by atoms with Crippen LogP contribution in [0.2, 0.25) is 0 Å². The van der Waals surface area contributed by atoms with E-state index < -0.39 is 18.2 Å². The molecule has 0 aromatic carbocycles. The van der Waals surface area contributed by atoms with Gasteiger partial charge < -0.3 is 20.3 Å². The van der Waals surface area contributed by atoms with E-state index in [0.717, 1.165) is 89.9 Å². The molecule has 0 bridgehead atoms. The molecule has 1 amide bonds. The van der Waals surface area contributed by atoms with Crippen molar-refractivity contribution in [3.8, 4) is 0 Å². The maximum atomic E-state index is 13.2. The number of hydrogen-bond donors (Lipinski definition) is 3. The number of rotatable bonds is 45. The highest BCUT2D eigenvalue weighted by atomic mass is 16.5. The molecular formula is C55H97NO5. The molecule has 0 aromatic rings. The number of carbonyl (C=O) groups is 2. The van der Waals surface area contributed by atoms with Gasteiger partial charge in [0.1, 0.15) is 6.10 Å². The molecule has 0 heterocycles. The molecule has 3 N–H and O–H groups in total. The quantitative estimate of drug-likeness (QED) is 0.0322. The first-order chi connectivity index (χ1) is 30.0. The fourth-order valence-electron chi connectivity index (χ4n) is 7.40. The van der Waals surface area contributed by atoms with Crippen molar-refractivity contribution in [2.24, 2.45) is 0 Å². The maximum absolute atomic E-state index is 13.2. The van der Waals surface area contributed by atoms with Gasteiger partial charge in [-0.25, -0.2) is 0 Å². The second-order valence-electron chi connectivity index (χ2n) is 17.2. The second-order valence-corrected chi connectivity index (χ2v) is 17.2. The molecule has 0 fully saturated rings. The molecular weight excluding hydrogens is 755 g/mol. The lowest BCUT2D eigenvalue weighted by molar-refractivity contribution is -0.151. The van der Waals surface area contributed by atoms with Crippen LogP contribution in [0, 0.1) is 0 Å². The number of aliphatic hydroxyl groups is 2. The highest BCUT2D eigenvalue weighted by Gasteiger charge is 2.24. The monoisotopic (exact) mass is 852 g/mol. The van der Waals surface area contributed by atoms with Gasteiger partial charge in [0, 0.05) is 6.42 Å². The van der Waals surface area contributed by atoms with Gasteiger partial charge in [-0.1, -0.05) is 209 Å². The molecule has 0 aliphatic rings. The second kappa shape index (κ2) is 48.3. The zero-order valence-electron chi connectivity index (χ0n) is 40.0. The molecule has 0 saturated carbocycles. The molecule has 0 aliphatic carbocycles. The number of aliphatic hydroxyl groups excluding tert-OH is 2. The average Bonchev–Trinajstić information content (AvgIpc) is 3.25. The number of carbonyl (C=O) groups excluding carboxylic acids is 2. The van der Waals surface area contributed by atoms with Gasteiger partial charge in [0.05, 0.1) is 25.2 Å². The molecule has 3 atom stereocenters. The Morgan fingerprint density at radius 2 is 0.885 bits per heavy atom. The number of allylic oxidation sites excluding steroid dienone is 12. The van der Waals surface area contributed by atoms with Crippen LogP contribution in [-0.4, -0.2) is 46.9 Å². The van der Waals surface area contributed by atoms with E-state index in [9.17, 15) is 19.8 Å². The van der Waals surface area contributed by atoms with Crippen LogP contribution in [0.5, 0.6) is 0 Å². The third-order valence-corrected chi connectivity index (χ3v) is 11.3. The summed E-state index contributed by atoms with van der Waals surface area (Å²) < 4.78 is 5.89. The van der Waals surface area contributed by atoms with Gasteiger partial charge in [-0.15, -0.1) is 0 Å². The predicted octanol–water partition coefficient (Wildman–Crippen LogP) is 15.4. The number of ether oxygens (including phenoxy) is 1. The SMILES string of the molecule is CC/C=C/C/C=C/CCCCCCCC(CC(=O)NC(CO)C(O)CCCCCCCCCCCCCCC)OC(=O)CCC/C=C\C/C=C\C/C=C\C/C=C\CCCCC. The first-order valence-electron chi connectivity index (χ1n) is 25.7. The summed E-state index contributed by atoms with van der Waals surface area (Å²) in [6.45, 7) is 6.33. The van der Waals surface area contributed by atoms with Gasteiger partial charge in [-0.05, 0) is 89.9 Å². The number of amides is 1. The van der Waals surface area contributed by atoms with Crippen LogP contribution in [0.3, 0.4) is 0 Å². The Balaban J connectivity index is 4.66. The van der Waals surface area contributed by atoms with E-state index in [1.165, 1.54) is 96.3 Å². The average molecular weight is 852 g/mol. The maximum Gasteiger partial charge on any atom is 0.306 e. The Labute approximate surface area is 377 Å². The van der Waals surface area contributed by atoms with E-state index in [1.807, 2.05) is 0 Å².